The molecule has 0 spiro atoms. The van der Waals surface area contributed by atoms with Gasteiger partial charge in [-0.25, -0.2) is 9.97 Å². The molecule has 0 fully saturated rings. The first-order valence-corrected chi connectivity index (χ1v) is 7.34. The normalized spacial score (nSPS) is 10.7. The zero-order chi connectivity index (χ0) is 16.2. The first-order chi connectivity index (χ1) is 11.2. The lowest BCUT2D eigenvalue weighted by Gasteiger charge is -2.18. The molecule has 0 aliphatic carbocycles. The van der Waals surface area contributed by atoms with Gasteiger partial charge in [0.15, 0.2) is 0 Å². The maximum Gasteiger partial charge on any atom is 0.254 e. The number of benzene rings is 1. The highest BCUT2D eigenvalue weighted by Gasteiger charge is 2.17. The van der Waals surface area contributed by atoms with Crippen LogP contribution in [0.1, 0.15) is 10.4 Å². The van der Waals surface area contributed by atoms with Gasteiger partial charge in [0.05, 0.1) is 24.5 Å². The van der Waals surface area contributed by atoms with Gasteiger partial charge in [-0.05, 0) is 6.07 Å². The minimum Gasteiger partial charge on any atom is -0.481 e. The fourth-order valence-corrected chi connectivity index (χ4v) is 2.42. The molecule has 0 saturated heterocycles. The number of rotatable bonds is 5. The van der Waals surface area contributed by atoms with Gasteiger partial charge >= 0.3 is 0 Å². The third-order valence-corrected chi connectivity index (χ3v) is 3.73. The molecule has 0 radical (unpaired) electrons. The lowest BCUT2D eigenvalue weighted by molar-refractivity contribution is 0.0792. The second kappa shape index (κ2) is 6.48. The number of para-hydroxylation sites is 1. The molecule has 1 amide bonds. The molecule has 3 rings (SSSR count). The van der Waals surface area contributed by atoms with Crippen molar-refractivity contribution in [3.63, 3.8) is 0 Å². The Kier molecular flexibility index (Phi) is 4.23. The molecule has 118 valence electrons. The lowest BCUT2D eigenvalue weighted by Crippen LogP contribution is -2.30. The zero-order valence-electron chi connectivity index (χ0n) is 13.1. The van der Waals surface area contributed by atoms with Crippen molar-refractivity contribution in [2.24, 2.45) is 0 Å². The average molecular weight is 310 g/mol. The van der Waals surface area contributed by atoms with Crippen molar-refractivity contribution in [2.75, 3.05) is 20.7 Å². The van der Waals surface area contributed by atoms with Crippen molar-refractivity contribution in [1.29, 1.82) is 0 Å². The summed E-state index contributed by atoms with van der Waals surface area (Å²) in [7, 11) is 3.34. The van der Waals surface area contributed by atoms with Crippen LogP contribution in [0.4, 0.5) is 0 Å². The van der Waals surface area contributed by atoms with Crippen molar-refractivity contribution in [3.05, 3.63) is 54.6 Å². The number of methoxy groups -OCH3 is 1. The Hall–Kier alpha value is -2.89. The number of carbonyl (C=O) groups excluding carboxylic acids is 1. The molecule has 0 bridgehead atoms. The summed E-state index contributed by atoms with van der Waals surface area (Å²) in [6.07, 6.45) is 5.34. The number of likely N-dealkylation sites (N-methyl/N-ethyl adjacent to an activating group) is 1. The number of imidazole rings is 1. The van der Waals surface area contributed by atoms with Crippen molar-refractivity contribution in [2.45, 2.75) is 6.54 Å². The Morgan fingerprint density at radius 1 is 1.35 bits per heavy atom. The van der Waals surface area contributed by atoms with Crippen LogP contribution in [0, 0.1) is 0 Å². The molecule has 0 unspecified atom stereocenters. The van der Waals surface area contributed by atoms with E-state index in [4.69, 9.17) is 4.74 Å². The Labute approximate surface area is 134 Å². The molecule has 3 aromatic rings. The second-order valence-corrected chi connectivity index (χ2v) is 5.26. The van der Waals surface area contributed by atoms with Gasteiger partial charge in [0.2, 0.25) is 5.88 Å². The van der Waals surface area contributed by atoms with Gasteiger partial charge in [-0.15, -0.1) is 0 Å². The van der Waals surface area contributed by atoms with Crippen LogP contribution in [-0.2, 0) is 6.54 Å². The maximum atomic E-state index is 12.8. The predicted molar refractivity (Wildman–Crippen MR) is 87.5 cm³/mol. The van der Waals surface area contributed by atoms with Crippen molar-refractivity contribution in [1.82, 2.24) is 19.4 Å². The van der Waals surface area contributed by atoms with E-state index in [1.807, 2.05) is 35.0 Å². The van der Waals surface area contributed by atoms with E-state index >= 15 is 0 Å². The van der Waals surface area contributed by atoms with E-state index in [2.05, 4.69) is 9.97 Å². The predicted octanol–water partition coefficient (Wildman–Crippen LogP) is 2.21. The van der Waals surface area contributed by atoms with Crippen LogP contribution in [-0.4, -0.2) is 46.0 Å². The smallest absolute Gasteiger partial charge is 0.254 e. The first kappa shape index (κ1) is 15.0. The van der Waals surface area contributed by atoms with Crippen molar-refractivity contribution < 1.29 is 9.53 Å². The maximum absolute atomic E-state index is 12.8. The zero-order valence-corrected chi connectivity index (χ0v) is 13.1. The van der Waals surface area contributed by atoms with Crippen LogP contribution in [0.25, 0.3) is 10.9 Å². The monoisotopic (exact) mass is 310 g/mol. The number of pyridine rings is 1. The number of hydrogen-bond acceptors (Lipinski definition) is 4. The van der Waals surface area contributed by atoms with Crippen LogP contribution >= 0.6 is 0 Å². The van der Waals surface area contributed by atoms with Gasteiger partial charge in [0.25, 0.3) is 5.91 Å². The quantitative estimate of drug-likeness (QED) is 0.725. The first-order valence-electron chi connectivity index (χ1n) is 7.34. The molecule has 0 N–H and O–H groups in total. The molecular weight excluding hydrogens is 292 g/mol. The van der Waals surface area contributed by atoms with Gasteiger partial charge in [-0.3, -0.25) is 4.79 Å². The van der Waals surface area contributed by atoms with Crippen LogP contribution in [0.15, 0.2) is 49.1 Å². The minimum atomic E-state index is -0.0537. The Bertz CT molecular complexity index is 815. The van der Waals surface area contributed by atoms with E-state index in [0.717, 1.165) is 10.9 Å². The number of carbonyl (C=O) groups is 1. The van der Waals surface area contributed by atoms with E-state index in [-0.39, 0.29) is 5.91 Å². The number of aromatic nitrogens is 3. The molecule has 2 heterocycles. The number of nitrogens with zero attached hydrogens (tertiary/aromatic N) is 4. The summed E-state index contributed by atoms with van der Waals surface area (Å²) >= 11 is 0. The number of fused-ring (bicyclic) bond motifs is 1. The highest BCUT2D eigenvalue weighted by Crippen LogP contribution is 2.23. The fourth-order valence-electron chi connectivity index (χ4n) is 2.42. The Balaban J connectivity index is 1.87. The minimum absolute atomic E-state index is 0.0537. The van der Waals surface area contributed by atoms with Gasteiger partial charge in [0, 0.05) is 44.0 Å². The van der Waals surface area contributed by atoms with Crippen LogP contribution in [0.3, 0.4) is 0 Å². The average Bonchev–Trinajstić information content (AvgIpc) is 3.11. The van der Waals surface area contributed by atoms with E-state index in [0.29, 0.717) is 24.5 Å². The molecule has 0 aliphatic heterocycles. The molecular formula is C17H18N4O2. The fraction of sp³-hybridized carbons (Fsp3) is 0.235. The standard InChI is InChI=1S/C17H18N4O2/c1-20(9-10-21-8-7-18-12-21)17(22)14-11-16(23-2)19-15-6-4-3-5-13(14)15/h3-8,11-12H,9-10H2,1-2H3. The lowest BCUT2D eigenvalue weighted by atomic mass is 10.1. The molecule has 0 aliphatic rings. The summed E-state index contributed by atoms with van der Waals surface area (Å²) in [5.41, 5.74) is 1.35. The van der Waals surface area contributed by atoms with Crippen molar-refractivity contribution in [3.8, 4) is 5.88 Å². The third-order valence-electron chi connectivity index (χ3n) is 3.73. The Morgan fingerprint density at radius 2 is 2.17 bits per heavy atom. The summed E-state index contributed by atoms with van der Waals surface area (Å²) in [6, 6.07) is 9.27. The molecule has 6 nitrogen and oxygen atoms in total. The largest absolute Gasteiger partial charge is 0.481 e. The molecule has 6 heteroatoms. The highest BCUT2D eigenvalue weighted by atomic mass is 16.5. The molecule has 2 aromatic heterocycles. The summed E-state index contributed by atoms with van der Waals surface area (Å²) < 4.78 is 7.16. The van der Waals surface area contributed by atoms with Crippen LogP contribution < -0.4 is 4.74 Å². The Morgan fingerprint density at radius 3 is 2.91 bits per heavy atom. The topological polar surface area (TPSA) is 60.2 Å². The van der Waals surface area contributed by atoms with Gasteiger partial charge in [-0.2, -0.15) is 0 Å². The summed E-state index contributed by atoms with van der Waals surface area (Å²) in [6.45, 7) is 1.29. The third kappa shape index (κ3) is 3.15. The number of amides is 1. The van der Waals surface area contributed by atoms with Gasteiger partial charge in [0.1, 0.15) is 0 Å². The molecule has 0 atom stereocenters. The van der Waals surface area contributed by atoms with E-state index in [1.165, 1.54) is 0 Å². The number of hydrogen-bond donors (Lipinski definition) is 0. The number of ether oxygens (including phenoxy) is 1. The summed E-state index contributed by atoms with van der Waals surface area (Å²) in [5.74, 6) is 0.386. The van der Waals surface area contributed by atoms with E-state index < -0.39 is 0 Å². The molecule has 23 heavy (non-hydrogen) atoms. The van der Waals surface area contributed by atoms with Crippen LogP contribution in [0.5, 0.6) is 5.88 Å². The van der Waals surface area contributed by atoms with Crippen LogP contribution in [0.2, 0.25) is 0 Å². The van der Waals surface area contributed by atoms with Gasteiger partial charge in [-0.1, -0.05) is 18.2 Å². The van der Waals surface area contributed by atoms with E-state index in [9.17, 15) is 4.79 Å². The highest BCUT2D eigenvalue weighted by molar-refractivity contribution is 6.06. The van der Waals surface area contributed by atoms with Crippen molar-refractivity contribution >= 4 is 16.8 Å². The second-order valence-electron chi connectivity index (χ2n) is 5.26. The van der Waals surface area contributed by atoms with Gasteiger partial charge < -0.3 is 14.2 Å². The SMILES string of the molecule is COc1cc(C(=O)N(C)CCn2ccnc2)c2ccccc2n1. The molecule has 1 aromatic carbocycles. The van der Waals surface area contributed by atoms with E-state index in [1.54, 1.807) is 37.6 Å². The summed E-state index contributed by atoms with van der Waals surface area (Å²) in [4.78, 5) is 22.9. The molecule has 0 saturated carbocycles. The summed E-state index contributed by atoms with van der Waals surface area (Å²) in [5, 5.41) is 0.827.